The molecule has 1 atom stereocenters. The molecule has 0 aliphatic rings. The quantitative estimate of drug-likeness (QED) is 0.507. The molecule has 1 unspecified atom stereocenters. The molecule has 0 aliphatic heterocycles. The van der Waals surface area contributed by atoms with E-state index in [0.717, 1.165) is 6.07 Å². The van der Waals surface area contributed by atoms with E-state index in [0.29, 0.717) is 0 Å². The SMILES string of the molecule is N=C(N)C(COc1c(F)cccc1Cl)C(F)(F)F. The zero-order valence-corrected chi connectivity index (χ0v) is 9.65. The molecule has 0 saturated heterocycles. The van der Waals surface area contributed by atoms with Crippen LogP contribution in [0.15, 0.2) is 18.2 Å². The molecule has 0 bridgehead atoms. The largest absolute Gasteiger partial charge is 0.488 e. The zero-order chi connectivity index (χ0) is 13.9. The van der Waals surface area contributed by atoms with Gasteiger partial charge < -0.3 is 10.5 Å². The van der Waals surface area contributed by atoms with Crippen molar-refractivity contribution in [1.82, 2.24) is 0 Å². The maximum atomic E-state index is 13.2. The Morgan fingerprint density at radius 2 is 2.06 bits per heavy atom. The maximum absolute atomic E-state index is 13.2. The summed E-state index contributed by atoms with van der Waals surface area (Å²) in [5, 5.41) is 6.68. The molecule has 0 fully saturated rings. The first kappa shape index (κ1) is 14.6. The van der Waals surface area contributed by atoms with Gasteiger partial charge in [0.05, 0.1) is 5.02 Å². The third-order valence-electron chi connectivity index (χ3n) is 2.08. The van der Waals surface area contributed by atoms with E-state index < -0.39 is 36.1 Å². The molecule has 0 aromatic heterocycles. The number of nitrogens with one attached hydrogen (secondary N) is 1. The number of ether oxygens (including phenoxy) is 1. The molecule has 0 aliphatic carbocycles. The van der Waals surface area contributed by atoms with Crippen molar-refractivity contribution in [2.24, 2.45) is 11.7 Å². The van der Waals surface area contributed by atoms with Gasteiger partial charge >= 0.3 is 6.18 Å². The summed E-state index contributed by atoms with van der Waals surface area (Å²) in [6.45, 7) is -1.00. The Balaban J connectivity index is 2.83. The van der Waals surface area contributed by atoms with E-state index in [9.17, 15) is 17.6 Å². The van der Waals surface area contributed by atoms with Crippen LogP contribution < -0.4 is 10.5 Å². The van der Waals surface area contributed by atoms with Crippen LogP contribution in [0.3, 0.4) is 0 Å². The third-order valence-corrected chi connectivity index (χ3v) is 2.38. The number of hydrogen-bond donors (Lipinski definition) is 2. The summed E-state index contributed by atoms with van der Waals surface area (Å²) in [7, 11) is 0. The van der Waals surface area contributed by atoms with Crippen LogP contribution in [0.4, 0.5) is 17.6 Å². The minimum atomic E-state index is -4.73. The van der Waals surface area contributed by atoms with Crippen LogP contribution in [0.5, 0.6) is 5.75 Å². The Hall–Kier alpha value is -1.50. The van der Waals surface area contributed by atoms with Gasteiger partial charge in [-0.1, -0.05) is 17.7 Å². The molecule has 1 aromatic carbocycles. The fourth-order valence-electron chi connectivity index (χ4n) is 1.15. The monoisotopic (exact) mass is 284 g/mol. The molecule has 3 N–H and O–H groups in total. The summed E-state index contributed by atoms with van der Waals surface area (Å²) >= 11 is 5.58. The molecule has 100 valence electrons. The van der Waals surface area contributed by atoms with Crippen LogP contribution in [-0.4, -0.2) is 18.6 Å². The van der Waals surface area contributed by atoms with Crippen LogP contribution >= 0.6 is 11.6 Å². The second-order valence-electron chi connectivity index (χ2n) is 3.41. The minimum absolute atomic E-state index is 0.153. The summed E-state index contributed by atoms with van der Waals surface area (Å²) < 4.78 is 55.2. The summed E-state index contributed by atoms with van der Waals surface area (Å²) in [6.07, 6.45) is -4.73. The first-order valence-electron chi connectivity index (χ1n) is 4.71. The highest BCUT2D eigenvalue weighted by Gasteiger charge is 2.42. The van der Waals surface area contributed by atoms with Crippen molar-refractivity contribution in [3.8, 4) is 5.75 Å². The Labute approximate surface area is 105 Å². The van der Waals surface area contributed by atoms with E-state index in [4.69, 9.17) is 22.7 Å². The van der Waals surface area contributed by atoms with Crippen molar-refractivity contribution in [2.75, 3.05) is 6.61 Å². The van der Waals surface area contributed by atoms with Gasteiger partial charge in [-0.05, 0) is 12.1 Å². The van der Waals surface area contributed by atoms with Gasteiger partial charge in [0.15, 0.2) is 11.6 Å². The molecule has 0 spiro atoms. The smallest absolute Gasteiger partial charge is 0.401 e. The second-order valence-corrected chi connectivity index (χ2v) is 3.82. The van der Waals surface area contributed by atoms with Crippen molar-refractivity contribution in [3.63, 3.8) is 0 Å². The van der Waals surface area contributed by atoms with Crippen molar-refractivity contribution >= 4 is 17.4 Å². The average molecular weight is 285 g/mol. The van der Waals surface area contributed by atoms with Gasteiger partial charge in [0.2, 0.25) is 0 Å². The first-order valence-corrected chi connectivity index (χ1v) is 5.08. The molecule has 1 rings (SSSR count). The molecular formula is C10H9ClF4N2O. The number of alkyl halides is 3. The first-order chi connectivity index (χ1) is 8.23. The van der Waals surface area contributed by atoms with Crippen LogP contribution in [0, 0.1) is 17.1 Å². The number of nitrogens with two attached hydrogens (primary N) is 1. The molecule has 18 heavy (non-hydrogen) atoms. The Kier molecular flexibility index (Phi) is 4.39. The summed E-state index contributed by atoms with van der Waals surface area (Å²) in [5.41, 5.74) is 4.82. The molecule has 3 nitrogen and oxygen atoms in total. The van der Waals surface area contributed by atoms with E-state index in [1.807, 2.05) is 0 Å². The normalized spacial score (nSPS) is 13.2. The summed E-state index contributed by atoms with van der Waals surface area (Å²) in [5.74, 6) is -4.77. The van der Waals surface area contributed by atoms with Gasteiger partial charge in [0.1, 0.15) is 18.4 Å². The topological polar surface area (TPSA) is 59.1 Å². The summed E-state index contributed by atoms with van der Waals surface area (Å²) in [6, 6.07) is 3.56. The van der Waals surface area contributed by atoms with Crippen molar-refractivity contribution < 1.29 is 22.3 Å². The maximum Gasteiger partial charge on any atom is 0.401 e. The Bertz CT molecular complexity index is 430. The highest BCUT2D eigenvalue weighted by atomic mass is 35.5. The molecule has 1 aromatic rings. The third kappa shape index (κ3) is 3.49. The van der Waals surface area contributed by atoms with E-state index >= 15 is 0 Å². The van der Waals surface area contributed by atoms with Gasteiger partial charge in [-0.2, -0.15) is 13.2 Å². The molecule has 0 heterocycles. The summed E-state index contributed by atoms with van der Waals surface area (Å²) in [4.78, 5) is 0. The molecule has 8 heteroatoms. The lowest BCUT2D eigenvalue weighted by atomic mass is 10.1. The number of hydrogen-bond acceptors (Lipinski definition) is 2. The number of benzene rings is 1. The van der Waals surface area contributed by atoms with Crippen LogP contribution in [0.2, 0.25) is 5.02 Å². The van der Waals surface area contributed by atoms with Crippen molar-refractivity contribution in [3.05, 3.63) is 29.0 Å². The predicted octanol–water partition coefficient (Wildman–Crippen LogP) is 2.97. The predicted molar refractivity (Wildman–Crippen MR) is 58.4 cm³/mol. The highest BCUT2D eigenvalue weighted by Crippen LogP contribution is 2.31. The lowest BCUT2D eigenvalue weighted by molar-refractivity contribution is -0.162. The number of para-hydroxylation sites is 1. The van der Waals surface area contributed by atoms with Gasteiger partial charge in [-0.25, -0.2) is 4.39 Å². The fourth-order valence-corrected chi connectivity index (χ4v) is 1.37. The fraction of sp³-hybridized carbons (Fsp3) is 0.300. The second kappa shape index (κ2) is 5.43. The van der Waals surface area contributed by atoms with Crippen molar-refractivity contribution in [1.29, 1.82) is 5.41 Å². The number of halogens is 5. The van der Waals surface area contributed by atoms with Crippen LogP contribution in [-0.2, 0) is 0 Å². The van der Waals surface area contributed by atoms with Gasteiger partial charge in [-0.3, -0.25) is 5.41 Å². The molecule has 0 amide bonds. The van der Waals surface area contributed by atoms with E-state index in [-0.39, 0.29) is 5.02 Å². The number of rotatable bonds is 4. The van der Waals surface area contributed by atoms with E-state index in [1.54, 1.807) is 0 Å². The lowest BCUT2D eigenvalue weighted by Crippen LogP contribution is -2.39. The van der Waals surface area contributed by atoms with Gasteiger partial charge in [-0.15, -0.1) is 0 Å². The van der Waals surface area contributed by atoms with Gasteiger partial charge in [0.25, 0.3) is 0 Å². The Morgan fingerprint density at radius 3 is 2.50 bits per heavy atom. The van der Waals surface area contributed by atoms with Crippen LogP contribution in [0.1, 0.15) is 0 Å². The van der Waals surface area contributed by atoms with E-state index in [2.05, 4.69) is 4.74 Å². The standard InChI is InChI=1S/C10H9ClF4N2O/c11-6-2-1-3-7(12)8(6)18-4-5(9(16)17)10(13,14)15/h1-3,5H,4H2,(H3,16,17). The average Bonchev–Trinajstić information content (AvgIpc) is 2.19. The molecular weight excluding hydrogens is 276 g/mol. The van der Waals surface area contributed by atoms with Gasteiger partial charge in [0, 0.05) is 0 Å². The highest BCUT2D eigenvalue weighted by molar-refractivity contribution is 6.32. The number of amidine groups is 1. The van der Waals surface area contributed by atoms with Crippen LogP contribution in [0.25, 0.3) is 0 Å². The molecule has 0 radical (unpaired) electrons. The molecule has 0 saturated carbocycles. The zero-order valence-electron chi connectivity index (χ0n) is 8.89. The van der Waals surface area contributed by atoms with Crippen molar-refractivity contribution in [2.45, 2.75) is 6.18 Å². The minimum Gasteiger partial charge on any atom is -0.488 e. The lowest BCUT2D eigenvalue weighted by Gasteiger charge is -2.19. The Morgan fingerprint density at radius 1 is 1.44 bits per heavy atom. The van der Waals surface area contributed by atoms with E-state index in [1.165, 1.54) is 12.1 Å².